The average Bonchev–Trinajstić information content (AvgIpc) is 3.03. The highest BCUT2D eigenvalue weighted by molar-refractivity contribution is 9.10. The number of ether oxygens (including phenoxy) is 5. The van der Waals surface area contributed by atoms with Crippen molar-refractivity contribution in [1.29, 1.82) is 0 Å². The van der Waals surface area contributed by atoms with E-state index in [1.54, 1.807) is 44.2 Å². The number of nitrogens with one attached hydrogen (secondary N) is 3. The molecule has 242 valence electrons. The Morgan fingerprint density at radius 3 is 2.37 bits per heavy atom. The Bertz CT molecular complexity index is 1660. The van der Waals surface area contributed by atoms with E-state index in [0.717, 1.165) is 10.0 Å². The minimum Gasteiger partial charge on any atom is -0.493 e. The molecule has 12 nitrogen and oxygen atoms in total. The first-order valence-electron chi connectivity index (χ1n) is 14.0. The molecule has 1 atom stereocenters. The van der Waals surface area contributed by atoms with Crippen molar-refractivity contribution in [1.82, 2.24) is 16.1 Å². The van der Waals surface area contributed by atoms with Gasteiger partial charge in [-0.05, 0) is 77.3 Å². The molecule has 3 aromatic rings. The van der Waals surface area contributed by atoms with E-state index in [-0.39, 0.29) is 24.5 Å². The van der Waals surface area contributed by atoms with Crippen LogP contribution in [0.5, 0.6) is 23.0 Å². The highest BCUT2D eigenvalue weighted by Gasteiger charge is 2.32. The first-order chi connectivity index (χ1) is 22.1. The van der Waals surface area contributed by atoms with Crippen LogP contribution >= 0.6 is 31.9 Å². The second-order valence-electron chi connectivity index (χ2n) is 9.72. The summed E-state index contributed by atoms with van der Waals surface area (Å²) in [6, 6.07) is 14.9. The molecule has 46 heavy (non-hydrogen) atoms. The van der Waals surface area contributed by atoms with Gasteiger partial charge < -0.3 is 34.3 Å². The van der Waals surface area contributed by atoms with Gasteiger partial charge in [0, 0.05) is 20.2 Å². The number of allylic oxidation sites excluding steroid dienone is 1. The molecule has 1 aliphatic rings. The summed E-state index contributed by atoms with van der Waals surface area (Å²) in [6.45, 7) is 3.49. The molecule has 0 aromatic heterocycles. The zero-order chi connectivity index (χ0) is 33.2. The lowest BCUT2D eigenvalue weighted by molar-refractivity contribution is -0.139. The van der Waals surface area contributed by atoms with E-state index in [0.29, 0.717) is 45.2 Å². The van der Waals surface area contributed by atoms with Gasteiger partial charge in [0.2, 0.25) is 0 Å². The molecule has 3 N–H and O–H groups in total. The van der Waals surface area contributed by atoms with Crippen LogP contribution < -0.4 is 35.0 Å². The van der Waals surface area contributed by atoms with E-state index >= 15 is 0 Å². The number of hydrogen-bond acceptors (Lipinski definition) is 9. The fourth-order valence-electron chi connectivity index (χ4n) is 4.42. The number of methoxy groups -OCH3 is 2. The summed E-state index contributed by atoms with van der Waals surface area (Å²) in [5, 5.41) is 9.36. The standard InChI is InChI=1S/C32H32Br2N4O8/c1-5-44-31(40)29-18(2)36-32(41)37-30(29)20-8-11-24(25(12-20)42-3)46-17-28(39)38-35-15-21-13-26(43-4)27(14-23(21)34)45-16-19-6-9-22(33)10-7-19/h6-15,30H,5,16-17H2,1-4H3,(H,38,39)(H2,36,37,41)/b35-15-/t30-/m0/s1. The zero-order valence-corrected chi connectivity index (χ0v) is 28.6. The first kappa shape index (κ1) is 34.3. The molecule has 0 saturated heterocycles. The number of benzene rings is 3. The van der Waals surface area contributed by atoms with Gasteiger partial charge in [0.15, 0.2) is 29.6 Å². The smallest absolute Gasteiger partial charge is 0.338 e. The van der Waals surface area contributed by atoms with Gasteiger partial charge in [-0.2, -0.15) is 5.10 Å². The number of halogens is 2. The third-order valence-corrected chi connectivity index (χ3v) is 7.84. The summed E-state index contributed by atoms with van der Waals surface area (Å²) in [4.78, 5) is 37.3. The van der Waals surface area contributed by atoms with Gasteiger partial charge in [-0.1, -0.05) is 34.1 Å². The van der Waals surface area contributed by atoms with Crippen molar-refractivity contribution in [3.63, 3.8) is 0 Å². The van der Waals surface area contributed by atoms with Crippen molar-refractivity contribution < 1.29 is 38.1 Å². The van der Waals surface area contributed by atoms with Gasteiger partial charge in [-0.25, -0.2) is 15.0 Å². The first-order valence-corrected chi connectivity index (χ1v) is 15.5. The summed E-state index contributed by atoms with van der Waals surface area (Å²) in [5.41, 5.74) is 5.27. The Labute approximate surface area is 282 Å². The predicted octanol–water partition coefficient (Wildman–Crippen LogP) is 5.53. The number of rotatable bonds is 13. The lowest BCUT2D eigenvalue weighted by atomic mass is 9.95. The minimum absolute atomic E-state index is 0.180. The number of hydrazone groups is 1. The van der Waals surface area contributed by atoms with Crippen molar-refractivity contribution in [2.45, 2.75) is 26.5 Å². The van der Waals surface area contributed by atoms with Gasteiger partial charge in [-0.15, -0.1) is 0 Å². The Hall–Kier alpha value is -4.56. The maximum Gasteiger partial charge on any atom is 0.338 e. The maximum atomic E-state index is 12.6. The number of esters is 1. The van der Waals surface area contributed by atoms with Crippen LogP contribution in [0.3, 0.4) is 0 Å². The van der Waals surface area contributed by atoms with Gasteiger partial charge in [0.25, 0.3) is 5.91 Å². The fourth-order valence-corrected chi connectivity index (χ4v) is 5.11. The van der Waals surface area contributed by atoms with Gasteiger partial charge in [0.1, 0.15) is 6.61 Å². The molecule has 0 aliphatic carbocycles. The molecule has 14 heteroatoms. The maximum absolute atomic E-state index is 12.6. The molecule has 4 rings (SSSR count). The van der Waals surface area contributed by atoms with Crippen molar-refractivity contribution in [3.8, 4) is 23.0 Å². The van der Waals surface area contributed by atoms with E-state index in [2.05, 4.69) is 53.0 Å². The molecule has 0 spiro atoms. The molecule has 0 fully saturated rings. The zero-order valence-electron chi connectivity index (χ0n) is 25.4. The molecule has 1 heterocycles. The van der Waals surface area contributed by atoms with E-state index in [4.69, 9.17) is 23.7 Å². The monoisotopic (exact) mass is 758 g/mol. The van der Waals surface area contributed by atoms with Crippen LogP contribution in [-0.4, -0.2) is 51.6 Å². The molecule has 0 radical (unpaired) electrons. The number of urea groups is 1. The van der Waals surface area contributed by atoms with Crippen molar-refractivity contribution >= 4 is 56.0 Å². The van der Waals surface area contributed by atoms with E-state index in [1.165, 1.54) is 20.4 Å². The second kappa shape index (κ2) is 16.1. The number of hydrogen-bond donors (Lipinski definition) is 3. The van der Waals surface area contributed by atoms with Crippen LogP contribution in [0, 0.1) is 0 Å². The topological polar surface area (TPSA) is 146 Å². The lowest BCUT2D eigenvalue weighted by Crippen LogP contribution is -2.45. The summed E-state index contributed by atoms with van der Waals surface area (Å²) < 4.78 is 29.4. The fraction of sp³-hybridized carbons (Fsp3) is 0.250. The largest absolute Gasteiger partial charge is 0.493 e. The summed E-state index contributed by atoms with van der Waals surface area (Å²) in [5.74, 6) is 0.527. The summed E-state index contributed by atoms with van der Waals surface area (Å²) in [7, 11) is 2.98. The number of carbonyl (C=O) groups is 3. The molecular weight excluding hydrogens is 728 g/mol. The minimum atomic E-state index is -0.779. The molecule has 3 amide bonds. The van der Waals surface area contributed by atoms with Gasteiger partial charge in [0.05, 0.1) is 38.7 Å². The van der Waals surface area contributed by atoms with E-state index < -0.39 is 23.9 Å². The van der Waals surface area contributed by atoms with Crippen LogP contribution in [0.15, 0.2) is 79.9 Å². The van der Waals surface area contributed by atoms with E-state index in [1.807, 2.05) is 24.3 Å². The molecule has 1 aliphatic heterocycles. The molecule has 0 saturated carbocycles. The Morgan fingerprint density at radius 1 is 0.957 bits per heavy atom. The van der Waals surface area contributed by atoms with Crippen molar-refractivity contribution in [3.05, 3.63) is 91.5 Å². The van der Waals surface area contributed by atoms with Gasteiger partial charge >= 0.3 is 12.0 Å². The van der Waals surface area contributed by atoms with Crippen LogP contribution in [0.2, 0.25) is 0 Å². The van der Waals surface area contributed by atoms with Crippen molar-refractivity contribution in [2.24, 2.45) is 5.10 Å². The average molecular weight is 760 g/mol. The molecular formula is C32H32Br2N4O8. The molecule has 0 unspecified atom stereocenters. The Kier molecular flexibility index (Phi) is 12.0. The number of amides is 3. The number of carbonyl (C=O) groups excluding carboxylic acids is 3. The van der Waals surface area contributed by atoms with Crippen LogP contribution in [0.1, 0.15) is 36.6 Å². The summed E-state index contributed by atoms with van der Waals surface area (Å²) >= 11 is 6.93. The van der Waals surface area contributed by atoms with Gasteiger partial charge in [-0.3, -0.25) is 4.79 Å². The van der Waals surface area contributed by atoms with Crippen LogP contribution in [0.25, 0.3) is 0 Å². The lowest BCUT2D eigenvalue weighted by Gasteiger charge is -2.28. The predicted molar refractivity (Wildman–Crippen MR) is 177 cm³/mol. The van der Waals surface area contributed by atoms with Crippen LogP contribution in [-0.2, 0) is 20.9 Å². The molecule has 3 aromatic carbocycles. The second-order valence-corrected chi connectivity index (χ2v) is 11.5. The SMILES string of the molecule is CCOC(=O)C1=C(C)NC(=O)N[C@H]1c1ccc(OCC(=O)N/N=C\c2cc(OC)c(OCc3ccc(Br)cc3)cc2Br)c(OC)c1. The number of nitrogens with zero attached hydrogens (tertiary/aromatic N) is 1. The Morgan fingerprint density at radius 2 is 1.67 bits per heavy atom. The quantitative estimate of drug-likeness (QED) is 0.117. The highest BCUT2D eigenvalue weighted by Crippen LogP contribution is 2.35. The third kappa shape index (κ3) is 8.79. The molecule has 0 bridgehead atoms. The normalized spacial score (nSPS) is 14.3. The van der Waals surface area contributed by atoms with E-state index in [9.17, 15) is 14.4 Å². The third-order valence-electron chi connectivity index (χ3n) is 6.63. The van der Waals surface area contributed by atoms with Crippen molar-refractivity contribution in [2.75, 3.05) is 27.4 Å². The Balaban J connectivity index is 1.37. The summed E-state index contributed by atoms with van der Waals surface area (Å²) in [6.07, 6.45) is 1.46. The van der Waals surface area contributed by atoms with Crippen LogP contribution in [0.4, 0.5) is 4.79 Å². The highest BCUT2D eigenvalue weighted by atomic mass is 79.9.